The zero-order chi connectivity index (χ0) is 17.9. The van der Waals surface area contributed by atoms with Crippen LogP contribution in [0.3, 0.4) is 0 Å². The molecule has 0 unspecified atom stereocenters. The fourth-order valence-electron chi connectivity index (χ4n) is 3.34. The number of pyridine rings is 1. The third-order valence-electron chi connectivity index (χ3n) is 4.83. The van der Waals surface area contributed by atoms with Crippen molar-refractivity contribution in [3.05, 3.63) is 46.0 Å². The standard InChI is InChI=1S/C18H24N4O3.ClH/c1-13-3-4-15-20-9-14(17(24)22(15)10-13)16(23)21-11-18(12-25-2)5-7-19-8-6-18;/h3-4,9-10,19H,5-8,11-12H2,1-2H3,(H,21,23);1H. The van der Waals surface area contributed by atoms with Gasteiger partial charge in [-0.2, -0.15) is 0 Å². The number of aryl methyl sites for hydroxylation is 1. The average molecular weight is 381 g/mol. The Morgan fingerprint density at radius 1 is 1.38 bits per heavy atom. The molecule has 0 bridgehead atoms. The zero-order valence-electron chi connectivity index (χ0n) is 15.1. The van der Waals surface area contributed by atoms with Crippen LogP contribution in [0.15, 0.2) is 29.3 Å². The number of carbonyl (C=O) groups is 1. The first-order valence-corrected chi connectivity index (χ1v) is 8.51. The molecule has 8 heteroatoms. The predicted octanol–water partition coefficient (Wildman–Crippen LogP) is 1.17. The van der Waals surface area contributed by atoms with Crippen LogP contribution in [0.2, 0.25) is 0 Å². The van der Waals surface area contributed by atoms with Crippen LogP contribution >= 0.6 is 12.4 Å². The Bertz CT molecular complexity index is 825. The molecular weight excluding hydrogens is 356 g/mol. The van der Waals surface area contributed by atoms with E-state index >= 15 is 0 Å². The van der Waals surface area contributed by atoms with Gasteiger partial charge in [-0.3, -0.25) is 14.0 Å². The molecule has 7 nitrogen and oxygen atoms in total. The highest BCUT2D eigenvalue weighted by Crippen LogP contribution is 2.28. The number of nitrogens with zero attached hydrogens (tertiary/aromatic N) is 2. The van der Waals surface area contributed by atoms with Crippen molar-refractivity contribution in [2.24, 2.45) is 5.41 Å². The SMILES string of the molecule is COCC1(CNC(=O)c2cnc3ccc(C)cn3c2=O)CCNCC1.Cl. The van der Waals surface area contributed by atoms with Crippen LogP contribution in [0.25, 0.3) is 5.65 Å². The van der Waals surface area contributed by atoms with Crippen LogP contribution in [0.5, 0.6) is 0 Å². The van der Waals surface area contributed by atoms with Gasteiger partial charge in [-0.15, -0.1) is 12.4 Å². The Kier molecular flexibility index (Phi) is 6.75. The molecule has 2 aromatic heterocycles. The molecule has 0 aromatic carbocycles. The molecule has 0 saturated carbocycles. The van der Waals surface area contributed by atoms with E-state index in [0.29, 0.717) is 18.8 Å². The Balaban J connectivity index is 0.00000243. The molecule has 3 heterocycles. The number of amides is 1. The predicted molar refractivity (Wildman–Crippen MR) is 102 cm³/mol. The summed E-state index contributed by atoms with van der Waals surface area (Å²) in [6.07, 6.45) is 4.90. The third kappa shape index (κ3) is 4.23. The van der Waals surface area contributed by atoms with Crippen molar-refractivity contribution in [1.82, 2.24) is 20.0 Å². The molecule has 0 atom stereocenters. The van der Waals surface area contributed by atoms with E-state index in [9.17, 15) is 9.59 Å². The highest BCUT2D eigenvalue weighted by atomic mass is 35.5. The van der Waals surface area contributed by atoms with Gasteiger partial charge >= 0.3 is 0 Å². The number of ether oxygens (including phenoxy) is 1. The first-order chi connectivity index (χ1) is 12.0. The van der Waals surface area contributed by atoms with E-state index in [1.807, 2.05) is 13.0 Å². The fourth-order valence-corrected chi connectivity index (χ4v) is 3.34. The number of methoxy groups -OCH3 is 1. The van der Waals surface area contributed by atoms with Crippen molar-refractivity contribution in [3.63, 3.8) is 0 Å². The van der Waals surface area contributed by atoms with E-state index in [1.54, 1.807) is 19.4 Å². The topological polar surface area (TPSA) is 84.7 Å². The van der Waals surface area contributed by atoms with Crippen LogP contribution < -0.4 is 16.2 Å². The highest BCUT2D eigenvalue weighted by Gasteiger charge is 2.32. The molecule has 1 saturated heterocycles. The average Bonchev–Trinajstić information content (AvgIpc) is 2.62. The van der Waals surface area contributed by atoms with E-state index in [0.717, 1.165) is 31.5 Å². The van der Waals surface area contributed by atoms with Crippen molar-refractivity contribution in [2.75, 3.05) is 33.4 Å². The van der Waals surface area contributed by atoms with Gasteiger partial charge in [0.15, 0.2) is 0 Å². The lowest BCUT2D eigenvalue weighted by Crippen LogP contribution is -2.47. The second kappa shape index (κ2) is 8.62. The van der Waals surface area contributed by atoms with Crippen LogP contribution in [-0.4, -0.2) is 48.6 Å². The van der Waals surface area contributed by atoms with Gasteiger partial charge in [0.05, 0.1) is 6.61 Å². The van der Waals surface area contributed by atoms with Crippen LogP contribution in [-0.2, 0) is 4.74 Å². The van der Waals surface area contributed by atoms with Gasteiger partial charge in [-0.1, -0.05) is 6.07 Å². The molecule has 2 aromatic rings. The van der Waals surface area contributed by atoms with E-state index in [1.165, 1.54) is 10.6 Å². The van der Waals surface area contributed by atoms with Gasteiger partial charge in [0, 0.05) is 31.5 Å². The number of halogens is 1. The Morgan fingerprint density at radius 3 is 2.81 bits per heavy atom. The van der Waals surface area contributed by atoms with Gasteiger partial charge in [-0.25, -0.2) is 4.98 Å². The molecule has 2 N–H and O–H groups in total. The molecule has 3 rings (SSSR count). The maximum absolute atomic E-state index is 12.6. The number of aromatic nitrogens is 2. The van der Waals surface area contributed by atoms with Gasteiger partial charge in [0.1, 0.15) is 11.2 Å². The van der Waals surface area contributed by atoms with Crippen molar-refractivity contribution in [1.29, 1.82) is 0 Å². The minimum absolute atomic E-state index is 0. The summed E-state index contributed by atoms with van der Waals surface area (Å²) in [5.74, 6) is -0.387. The molecule has 0 spiro atoms. The van der Waals surface area contributed by atoms with Crippen molar-refractivity contribution in [3.8, 4) is 0 Å². The number of hydrogen-bond donors (Lipinski definition) is 2. The largest absolute Gasteiger partial charge is 0.384 e. The van der Waals surface area contributed by atoms with E-state index < -0.39 is 0 Å². The molecule has 0 radical (unpaired) electrons. The molecule has 26 heavy (non-hydrogen) atoms. The van der Waals surface area contributed by atoms with Crippen LogP contribution in [0, 0.1) is 12.3 Å². The lowest BCUT2D eigenvalue weighted by atomic mass is 9.79. The van der Waals surface area contributed by atoms with Gasteiger partial charge in [-0.05, 0) is 44.5 Å². The van der Waals surface area contributed by atoms with Crippen LogP contribution in [0.4, 0.5) is 0 Å². The molecule has 1 amide bonds. The highest BCUT2D eigenvalue weighted by molar-refractivity contribution is 5.93. The van der Waals surface area contributed by atoms with Crippen LogP contribution in [0.1, 0.15) is 28.8 Å². The lowest BCUT2D eigenvalue weighted by Gasteiger charge is -2.37. The van der Waals surface area contributed by atoms with Gasteiger partial charge in [0.2, 0.25) is 0 Å². The second-order valence-electron chi connectivity index (χ2n) is 6.78. The van der Waals surface area contributed by atoms with Crippen molar-refractivity contribution in [2.45, 2.75) is 19.8 Å². The summed E-state index contributed by atoms with van der Waals surface area (Å²) in [6.45, 7) is 4.77. The number of nitrogens with one attached hydrogen (secondary N) is 2. The first-order valence-electron chi connectivity index (χ1n) is 8.51. The third-order valence-corrected chi connectivity index (χ3v) is 4.83. The fraction of sp³-hybridized carbons (Fsp3) is 0.500. The monoisotopic (exact) mass is 380 g/mol. The van der Waals surface area contributed by atoms with E-state index in [-0.39, 0.29) is 34.9 Å². The van der Waals surface area contributed by atoms with E-state index in [4.69, 9.17) is 4.74 Å². The van der Waals surface area contributed by atoms with Gasteiger partial charge in [0.25, 0.3) is 11.5 Å². The minimum atomic E-state index is -0.387. The smallest absolute Gasteiger partial charge is 0.270 e. The Morgan fingerprint density at radius 2 is 2.12 bits per heavy atom. The lowest BCUT2D eigenvalue weighted by molar-refractivity contribution is 0.0511. The normalized spacial score (nSPS) is 16.1. The quantitative estimate of drug-likeness (QED) is 0.813. The molecule has 0 aliphatic carbocycles. The van der Waals surface area contributed by atoms with Crippen molar-refractivity contribution >= 4 is 24.0 Å². The summed E-state index contributed by atoms with van der Waals surface area (Å²) in [6, 6.07) is 3.65. The number of carbonyl (C=O) groups excluding carboxylic acids is 1. The summed E-state index contributed by atoms with van der Waals surface area (Å²) in [5.41, 5.74) is 1.08. The summed E-state index contributed by atoms with van der Waals surface area (Å²) < 4.78 is 6.78. The summed E-state index contributed by atoms with van der Waals surface area (Å²) >= 11 is 0. The number of piperidine rings is 1. The van der Waals surface area contributed by atoms with Crippen molar-refractivity contribution < 1.29 is 9.53 Å². The molecule has 142 valence electrons. The summed E-state index contributed by atoms with van der Waals surface area (Å²) in [5, 5.41) is 6.23. The molecular formula is C18H25ClN4O3. The first kappa shape index (κ1) is 20.4. The number of rotatable bonds is 5. The number of fused-ring (bicyclic) bond motifs is 1. The Hall–Kier alpha value is -1.96. The zero-order valence-corrected chi connectivity index (χ0v) is 15.9. The Labute approximate surface area is 158 Å². The second-order valence-corrected chi connectivity index (χ2v) is 6.78. The maximum atomic E-state index is 12.6. The summed E-state index contributed by atoms with van der Waals surface area (Å²) in [7, 11) is 1.67. The maximum Gasteiger partial charge on any atom is 0.270 e. The summed E-state index contributed by atoms with van der Waals surface area (Å²) in [4.78, 5) is 29.4. The minimum Gasteiger partial charge on any atom is -0.384 e. The van der Waals surface area contributed by atoms with E-state index in [2.05, 4.69) is 15.6 Å². The molecule has 1 aliphatic heterocycles. The molecule has 1 aliphatic rings. The van der Waals surface area contributed by atoms with Gasteiger partial charge < -0.3 is 15.4 Å². The molecule has 1 fully saturated rings. The number of hydrogen-bond acceptors (Lipinski definition) is 5.